The summed E-state index contributed by atoms with van der Waals surface area (Å²) in [5, 5.41) is 24.6. The Labute approximate surface area is 308 Å². The first-order chi connectivity index (χ1) is 23.2. The number of ether oxygens (including phenoxy) is 4. The van der Waals surface area contributed by atoms with Crippen molar-refractivity contribution in [3.05, 3.63) is 51.5 Å². The quantitative estimate of drug-likeness (QED) is 0.230. The number of carbonyl (C=O) groups is 1. The summed E-state index contributed by atoms with van der Waals surface area (Å²) in [5.41, 5.74) is -0.356. The Kier molecular flexibility index (Phi) is 8.85. The lowest BCUT2D eigenvalue weighted by atomic mass is 9.58. The molecule has 7 rings (SSSR count). The normalized spacial score (nSPS) is 34.0. The average Bonchev–Trinajstić information content (AvgIpc) is 3.26. The average molecular weight is 726 g/mol. The fourth-order valence-electron chi connectivity index (χ4n) is 10.0. The van der Waals surface area contributed by atoms with Crippen molar-refractivity contribution in [3.8, 4) is 5.75 Å². The summed E-state index contributed by atoms with van der Waals surface area (Å²) in [6.07, 6.45) is 5.77. The van der Waals surface area contributed by atoms with Crippen molar-refractivity contribution in [1.82, 2.24) is 4.90 Å². The largest absolute Gasteiger partial charge is 0.511 e. The van der Waals surface area contributed by atoms with Gasteiger partial charge in [0.05, 0.1) is 13.0 Å². The molecule has 8 nitrogen and oxygen atoms in total. The van der Waals surface area contributed by atoms with Crippen LogP contribution in [-0.2, 0) is 40.2 Å². The van der Waals surface area contributed by atoms with E-state index in [2.05, 4.69) is 100 Å². The molecule has 4 atom stereocenters. The van der Waals surface area contributed by atoms with Crippen molar-refractivity contribution in [2.45, 2.75) is 130 Å². The van der Waals surface area contributed by atoms with Gasteiger partial charge in [-0.3, -0.25) is 4.74 Å². The van der Waals surface area contributed by atoms with Crippen molar-refractivity contribution >= 4 is 13.9 Å². The van der Waals surface area contributed by atoms with E-state index in [-0.39, 0.29) is 19.4 Å². The molecular weight excluding hydrogens is 661 g/mol. The summed E-state index contributed by atoms with van der Waals surface area (Å²) >= 11 is 0. The topological polar surface area (TPSA) is 97.7 Å². The van der Waals surface area contributed by atoms with Gasteiger partial charge in [-0.05, 0) is 102 Å². The molecule has 1 spiro atoms. The van der Waals surface area contributed by atoms with E-state index >= 15 is 4.79 Å². The van der Waals surface area contributed by atoms with Gasteiger partial charge in [-0.15, -0.1) is 7.92 Å². The van der Waals surface area contributed by atoms with Gasteiger partial charge in [-0.1, -0.05) is 83.1 Å². The van der Waals surface area contributed by atoms with Gasteiger partial charge in [0, 0.05) is 23.1 Å². The van der Waals surface area contributed by atoms with Crippen molar-refractivity contribution in [2.75, 3.05) is 46.2 Å². The first kappa shape index (κ1) is 38.6. The standard InChI is InChI=1S/C42H64NO7P/c1-35(2,3)26-22-25(23-27(30(26)44)36(4,5)6)41(39-16-19-51(20-17-39)21-18-39)42(34(46)47-15)48-32-28(24-43(13)14)40(49-41,50-42)33(38(10,11)12)31(45)29(32)37(7,8)9/h22-23,33,44-45H,16-21,24H2,1-15H3. The van der Waals surface area contributed by atoms with Crippen LogP contribution in [0, 0.1) is 22.2 Å². The molecule has 5 bridgehead atoms. The molecule has 1 aromatic rings. The predicted octanol–water partition coefficient (Wildman–Crippen LogP) is 8.84. The van der Waals surface area contributed by atoms with E-state index < -0.39 is 56.1 Å². The molecule has 9 heteroatoms. The number of carbonyl (C=O) groups excluding carboxylic acids is 1. The van der Waals surface area contributed by atoms with Crippen LogP contribution in [0.5, 0.6) is 5.75 Å². The van der Waals surface area contributed by atoms with Gasteiger partial charge >= 0.3 is 11.8 Å². The van der Waals surface area contributed by atoms with Gasteiger partial charge in [0.15, 0.2) is 5.60 Å². The van der Waals surface area contributed by atoms with E-state index in [0.717, 1.165) is 60.0 Å². The van der Waals surface area contributed by atoms with E-state index in [0.29, 0.717) is 17.9 Å². The van der Waals surface area contributed by atoms with Gasteiger partial charge in [-0.25, -0.2) is 4.79 Å². The minimum Gasteiger partial charge on any atom is -0.511 e. The molecule has 2 N–H and O–H groups in total. The number of fused-ring (bicyclic) bond motifs is 4. The number of methoxy groups -OCH3 is 1. The first-order valence-electron chi connectivity index (χ1n) is 18.8. The zero-order chi connectivity index (χ0) is 38.1. The first-order valence-corrected chi connectivity index (χ1v) is 20.7. The predicted molar refractivity (Wildman–Crippen MR) is 203 cm³/mol. The van der Waals surface area contributed by atoms with E-state index in [9.17, 15) is 10.2 Å². The molecular formula is C42H64NO7P. The monoisotopic (exact) mass is 725 g/mol. The van der Waals surface area contributed by atoms with Crippen LogP contribution in [0.3, 0.4) is 0 Å². The number of phenolic OH excluding ortho intramolecular Hbond substituents is 1. The van der Waals surface area contributed by atoms with Crippen LogP contribution in [0.15, 0.2) is 34.8 Å². The number of aliphatic hydroxyl groups excluding tert-OH is 1. The van der Waals surface area contributed by atoms with E-state index in [1.54, 1.807) is 0 Å². The number of hydrogen-bond donors (Lipinski definition) is 2. The number of allylic oxidation sites excluding steroid dienone is 1. The highest BCUT2D eigenvalue weighted by Crippen LogP contribution is 2.76. The van der Waals surface area contributed by atoms with Crippen LogP contribution in [0.1, 0.15) is 119 Å². The fourth-order valence-corrected chi connectivity index (χ4v) is 12.9. The second kappa shape index (κ2) is 11.7. The summed E-state index contributed by atoms with van der Waals surface area (Å²) in [5.74, 6) is -4.07. The summed E-state index contributed by atoms with van der Waals surface area (Å²) in [6, 6.07) is 4.12. The second-order valence-electron chi connectivity index (χ2n) is 20.4. The molecule has 4 saturated heterocycles. The lowest BCUT2D eigenvalue weighted by molar-refractivity contribution is -0.291. The third-order valence-corrected chi connectivity index (χ3v) is 14.9. The molecule has 51 heavy (non-hydrogen) atoms. The Balaban J connectivity index is 1.83. The van der Waals surface area contributed by atoms with Crippen molar-refractivity contribution in [2.24, 2.45) is 22.2 Å². The van der Waals surface area contributed by atoms with Gasteiger partial charge in [0.2, 0.25) is 5.79 Å². The summed E-state index contributed by atoms with van der Waals surface area (Å²) < 4.78 is 28.7. The van der Waals surface area contributed by atoms with Crippen LogP contribution in [0.25, 0.3) is 0 Å². The minimum absolute atomic E-state index is 0.0945. The van der Waals surface area contributed by atoms with Gasteiger partial charge < -0.3 is 29.3 Å². The number of rotatable bonds is 5. The zero-order valence-corrected chi connectivity index (χ0v) is 34.9. The molecule has 5 aliphatic heterocycles. The molecule has 4 fully saturated rings. The molecule has 1 aliphatic carbocycles. The highest BCUT2D eigenvalue weighted by atomic mass is 31.1. The minimum atomic E-state index is -2.05. The number of esters is 1. The molecule has 5 heterocycles. The lowest BCUT2D eigenvalue weighted by Gasteiger charge is -2.58. The third-order valence-electron chi connectivity index (χ3n) is 12.3. The van der Waals surface area contributed by atoms with E-state index in [4.69, 9.17) is 18.9 Å². The van der Waals surface area contributed by atoms with E-state index in [1.165, 1.54) is 7.11 Å². The summed E-state index contributed by atoms with van der Waals surface area (Å²) in [7, 11) is 5.31. The molecule has 284 valence electrons. The highest BCUT2D eigenvalue weighted by molar-refractivity contribution is 7.57. The number of benzene rings is 1. The number of aromatic hydroxyl groups is 1. The van der Waals surface area contributed by atoms with Crippen molar-refractivity contribution < 1.29 is 34.0 Å². The Morgan fingerprint density at radius 2 is 1.37 bits per heavy atom. The Hall–Kier alpha value is -2.12. The summed E-state index contributed by atoms with van der Waals surface area (Å²) in [6.45, 7) is 25.6. The highest BCUT2D eigenvalue weighted by Gasteiger charge is 2.85. The SMILES string of the molecule is COC(=O)C12OC3=C(CN(C)C)C(O1)(OC2(c1cc(C(C)(C)C)c(O)c(C(C)(C)C)c1)C12CCP(CC1)CC2)C(C(C)(C)C)C(O)=C3C(C)(C)C. The lowest BCUT2D eigenvalue weighted by Crippen LogP contribution is -2.67. The van der Waals surface area contributed by atoms with Crippen LogP contribution < -0.4 is 0 Å². The number of hydrogen-bond acceptors (Lipinski definition) is 8. The van der Waals surface area contributed by atoms with Crippen molar-refractivity contribution in [1.29, 1.82) is 0 Å². The maximum absolute atomic E-state index is 15.1. The molecule has 0 amide bonds. The third kappa shape index (κ3) is 5.38. The number of phenols is 1. The smallest absolute Gasteiger partial charge is 0.383 e. The maximum atomic E-state index is 15.1. The van der Waals surface area contributed by atoms with E-state index in [1.807, 2.05) is 14.1 Å². The van der Waals surface area contributed by atoms with Gasteiger partial charge in [0.25, 0.3) is 0 Å². The number of nitrogens with zero attached hydrogens (tertiary/aromatic N) is 1. The van der Waals surface area contributed by atoms with Crippen LogP contribution in [0.4, 0.5) is 0 Å². The maximum Gasteiger partial charge on any atom is 0.383 e. The Morgan fingerprint density at radius 1 is 0.863 bits per heavy atom. The number of likely N-dealkylation sites (N-methyl/N-ethyl adjacent to an activating group) is 1. The van der Waals surface area contributed by atoms with Gasteiger partial charge in [0.1, 0.15) is 17.3 Å². The molecule has 0 aromatic heterocycles. The Bertz CT molecular complexity index is 1620. The molecule has 1 aromatic carbocycles. The van der Waals surface area contributed by atoms with Crippen LogP contribution in [-0.4, -0.2) is 78.9 Å². The fraction of sp³-hybridized carbons (Fsp3) is 0.738. The van der Waals surface area contributed by atoms with Crippen LogP contribution >= 0.6 is 7.92 Å². The van der Waals surface area contributed by atoms with Crippen molar-refractivity contribution in [3.63, 3.8) is 0 Å². The molecule has 6 aliphatic rings. The van der Waals surface area contributed by atoms with Crippen LogP contribution in [0.2, 0.25) is 0 Å². The summed E-state index contributed by atoms with van der Waals surface area (Å²) in [4.78, 5) is 17.2. The zero-order valence-electron chi connectivity index (χ0n) is 34.0. The molecule has 0 radical (unpaired) electrons. The molecule has 0 saturated carbocycles. The molecule has 4 unspecified atom stereocenters. The number of aliphatic hydroxyl groups is 1. The second-order valence-corrected chi connectivity index (χ2v) is 23.1. The Morgan fingerprint density at radius 3 is 1.78 bits per heavy atom. The van der Waals surface area contributed by atoms with Gasteiger partial charge in [-0.2, -0.15) is 0 Å².